The van der Waals surface area contributed by atoms with Crippen LogP contribution in [0.2, 0.25) is 0 Å². The first-order valence-electron chi connectivity index (χ1n) is 10.6. The van der Waals surface area contributed by atoms with Crippen LogP contribution in [0.3, 0.4) is 0 Å². The molecule has 0 aromatic carbocycles. The molecule has 0 rings (SSSR count). The van der Waals surface area contributed by atoms with Crippen LogP contribution in [0.15, 0.2) is 0 Å². The minimum Gasteiger partial charge on any atom is -0.396 e. The summed E-state index contributed by atoms with van der Waals surface area (Å²) in [5, 5.41) is 7.88. The van der Waals surface area contributed by atoms with Gasteiger partial charge in [-0.1, -0.05) is 110 Å². The summed E-state index contributed by atoms with van der Waals surface area (Å²) in [6, 6.07) is 0. The third-order valence-electron chi connectivity index (χ3n) is 4.28. The van der Waals surface area contributed by atoms with Crippen molar-refractivity contribution < 1.29 is 5.11 Å². The summed E-state index contributed by atoms with van der Waals surface area (Å²) in [6.07, 6.45) is 23.7. The molecule has 0 amide bonds. The first kappa shape index (κ1) is 25.2. The largest absolute Gasteiger partial charge is 0.396 e. The van der Waals surface area contributed by atoms with Crippen LogP contribution in [0.25, 0.3) is 0 Å². The van der Waals surface area contributed by atoms with Crippen molar-refractivity contribution in [2.45, 2.75) is 123 Å². The van der Waals surface area contributed by atoms with Crippen LogP contribution in [0.4, 0.5) is 0 Å². The Hall–Kier alpha value is -0.0800. The molecule has 0 aromatic heterocycles. The Morgan fingerprint density at radius 2 is 0.739 bits per heavy atom. The lowest BCUT2D eigenvalue weighted by Gasteiger charge is -2.03. The fraction of sp³-hybridized carbons (Fsp3) is 1.00. The molecule has 23 heavy (non-hydrogen) atoms. The molecule has 0 unspecified atom stereocenters. The summed E-state index contributed by atoms with van der Waals surface area (Å²) in [5.74, 6) is 0. The Balaban J connectivity index is 0. The van der Waals surface area contributed by atoms with Gasteiger partial charge in [0.25, 0.3) is 0 Å². The van der Waals surface area contributed by atoms with Crippen LogP contribution < -0.4 is 5.73 Å². The van der Waals surface area contributed by atoms with Crippen LogP contribution in [-0.2, 0) is 0 Å². The zero-order chi connectivity index (χ0) is 17.4. The molecule has 3 N–H and O–H groups in total. The predicted molar refractivity (Wildman–Crippen MR) is 106 cm³/mol. The molecular formula is C21H47NO. The van der Waals surface area contributed by atoms with Crippen molar-refractivity contribution in [2.24, 2.45) is 5.73 Å². The maximum absolute atomic E-state index is 7.88. The molecule has 0 aliphatic heterocycles. The van der Waals surface area contributed by atoms with E-state index in [9.17, 15) is 0 Å². The number of hydrogen-bond acceptors (Lipinski definition) is 2. The van der Waals surface area contributed by atoms with Crippen molar-refractivity contribution in [1.29, 1.82) is 0 Å². The molecule has 0 radical (unpaired) electrons. The maximum Gasteiger partial charge on any atom is 0.0428 e. The number of hydrogen-bond donors (Lipinski definition) is 2. The molecule has 0 heterocycles. The Morgan fingerprint density at radius 3 is 0.957 bits per heavy atom. The number of aliphatic hydroxyl groups excluding tert-OH is 1. The second-order valence-corrected chi connectivity index (χ2v) is 6.82. The summed E-state index contributed by atoms with van der Waals surface area (Å²) < 4.78 is 0. The molecule has 0 aromatic rings. The summed E-state index contributed by atoms with van der Waals surface area (Å²) in [7, 11) is 0. The van der Waals surface area contributed by atoms with Crippen molar-refractivity contribution in [2.75, 3.05) is 13.2 Å². The molecule has 0 aliphatic carbocycles. The van der Waals surface area contributed by atoms with E-state index in [0.29, 0.717) is 6.61 Å². The Labute approximate surface area is 147 Å². The number of nitrogens with two attached hydrogens (primary N) is 1. The van der Waals surface area contributed by atoms with Gasteiger partial charge in [0.05, 0.1) is 0 Å². The fourth-order valence-corrected chi connectivity index (χ4v) is 2.69. The molecule has 0 saturated heterocycles. The fourth-order valence-electron chi connectivity index (χ4n) is 2.69. The third-order valence-corrected chi connectivity index (χ3v) is 4.28. The van der Waals surface area contributed by atoms with E-state index in [2.05, 4.69) is 6.92 Å². The second-order valence-electron chi connectivity index (χ2n) is 6.82. The molecule has 2 heteroatoms. The van der Waals surface area contributed by atoms with Gasteiger partial charge < -0.3 is 10.8 Å². The molecule has 0 bridgehead atoms. The van der Waals surface area contributed by atoms with Crippen LogP contribution in [-0.4, -0.2) is 18.3 Å². The summed E-state index contributed by atoms with van der Waals surface area (Å²) in [6.45, 7) is 5.41. The van der Waals surface area contributed by atoms with E-state index in [0.717, 1.165) is 13.0 Å². The van der Waals surface area contributed by atoms with Gasteiger partial charge in [0, 0.05) is 6.61 Å². The Morgan fingerprint density at radius 1 is 0.478 bits per heavy atom. The van der Waals surface area contributed by atoms with Gasteiger partial charge in [-0.25, -0.2) is 0 Å². The lowest BCUT2D eigenvalue weighted by Crippen LogP contribution is -1.97. The molecule has 0 saturated carbocycles. The highest BCUT2D eigenvalue weighted by molar-refractivity contribution is 4.49. The van der Waals surface area contributed by atoms with Crippen LogP contribution in [0, 0.1) is 0 Å². The van der Waals surface area contributed by atoms with Crippen molar-refractivity contribution in [3.8, 4) is 0 Å². The monoisotopic (exact) mass is 329 g/mol. The van der Waals surface area contributed by atoms with Gasteiger partial charge in [-0.15, -0.1) is 0 Å². The molecular weight excluding hydrogens is 282 g/mol. The minimum absolute atomic E-state index is 0.319. The topological polar surface area (TPSA) is 46.2 Å². The number of rotatable bonds is 17. The summed E-state index contributed by atoms with van der Waals surface area (Å²) in [4.78, 5) is 0. The maximum atomic E-state index is 7.88. The van der Waals surface area contributed by atoms with Gasteiger partial charge in [0.1, 0.15) is 0 Å². The summed E-state index contributed by atoms with van der Waals surface area (Å²) in [5.41, 5.74) is 5.48. The molecule has 0 atom stereocenters. The van der Waals surface area contributed by atoms with Crippen molar-refractivity contribution in [3.63, 3.8) is 0 Å². The number of unbranched alkanes of at least 4 members (excludes halogenated alkanes) is 15. The van der Waals surface area contributed by atoms with Crippen LogP contribution >= 0.6 is 0 Å². The molecule has 2 nitrogen and oxygen atoms in total. The first-order valence-corrected chi connectivity index (χ1v) is 10.6. The van der Waals surface area contributed by atoms with Crippen molar-refractivity contribution in [3.05, 3.63) is 0 Å². The lowest BCUT2D eigenvalue weighted by atomic mass is 10.0. The van der Waals surface area contributed by atoms with E-state index in [1.807, 2.05) is 6.92 Å². The molecule has 0 spiro atoms. The SMILES string of the molecule is CCCCCCCCCCCCCCCCCCN.CCCO. The van der Waals surface area contributed by atoms with E-state index in [1.54, 1.807) is 0 Å². The normalized spacial score (nSPS) is 10.4. The van der Waals surface area contributed by atoms with E-state index in [4.69, 9.17) is 10.8 Å². The zero-order valence-corrected chi connectivity index (χ0v) is 16.5. The first-order chi connectivity index (χ1) is 11.3. The van der Waals surface area contributed by atoms with Gasteiger partial charge in [-0.05, 0) is 19.4 Å². The van der Waals surface area contributed by atoms with E-state index in [-0.39, 0.29) is 0 Å². The van der Waals surface area contributed by atoms with Gasteiger partial charge in [-0.2, -0.15) is 0 Å². The quantitative estimate of drug-likeness (QED) is 0.295. The second kappa shape index (κ2) is 26.8. The van der Waals surface area contributed by atoms with Crippen LogP contribution in [0.5, 0.6) is 0 Å². The van der Waals surface area contributed by atoms with Crippen LogP contribution in [0.1, 0.15) is 123 Å². The van der Waals surface area contributed by atoms with Gasteiger partial charge in [0.2, 0.25) is 0 Å². The predicted octanol–water partition coefficient (Wildman–Crippen LogP) is 6.60. The highest BCUT2D eigenvalue weighted by Crippen LogP contribution is 2.13. The lowest BCUT2D eigenvalue weighted by molar-refractivity contribution is 0.295. The van der Waals surface area contributed by atoms with Gasteiger partial charge in [-0.3, -0.25) is 0 Å². The zero-order valence-electron chi connectivity index (χ0n) is 16.5. The van der Waals surface area contributed by atoms with Crippen molar-refractivity contribution in [1.82, 2.24) is 0 Å². The highest BCUT2D eigenvalue weighted by Gasteiger charge is 1.94. The minimum atomic E-state index is 0.319. The summed E-state index contributed by atoms with van der Waals surface area (Å²) >= 11 is 0. The smallest absolute Gasteiger partial charge is 0.0428 e. The van der Waals surface area contributed by atoms with Crippen molar-refractivity contribution >= 4 is 0 Å². The number of aliphatic hydroxyl groups is 1. The van der Waals surface area contributed by atoms with E-state index in [1.165, 1.54) is 103 Å². The van der Waals surface area contributed by atoms with E-state index < -0.39 is 0 Å². The molecule has 0 fully saturated rings. The molecule has 142 valence electrons. The van der Waals surface area contributed by atoms with Gasteiger partial charge >= 0.3 is 0 Å². The van der Waals surface area contributed by atoms with Gasteiger partial charge in [0.15, 0.2) is 0 Å². The third kappa shape index (κ3) is 30.4. The van der Waals surface area contributed by atoms with E-state index >= 15 is 0 Å². The Bertz CT molecular complexity index is 155. The standard InChI is InChI=1S/C18H39N.C3H8O/c1-2-3-4-5-6-7-8-9-10-11-12-13-14-15-16-17-18-19;1-2-3-4/h2-19H2,1H3;4H,2-3H2,1H3. The average Bonchev–Trinajstić information content (AvgIpc) is 2.58. The average molecular weight is 330 g/mol. The highest BCUT2D eigenvalue weighted by atomic mass is 16.2. The molecule has 0 aliphatic rings. The Kier molecular flexibility index (Phi) is 29.3.